The van der Waals surface area contributed by atoms with Gasteiger partial charge in [-0.1, -0.05) is 0 Å². The zero-order valence-electron chi connectivity index (χ0n) is 10.3. The maximum atomic E-state index is 11.5. The van der Waals surface area contributed by atoms with Gasteiger partial charge in [-0.05, 0) is 36.7 Å². The third kappa shape index (κ3) is 4.79. The molecule has 6 nitrogen and oxygen atoms in total. The maximum absolute atomic E-state index is 11.5. The molecule has 1 rings (SSSR count). The molecular formula is C11H14BrN3O3. The Morgan fingerprint density at radius 1 is 1.44 bits per heavy atom. The van der Waals surface area contributed by atoms with Crippen LogP contribution in [-0.2, 0) is 9.53 Å². The topological polar surface area (TPSA) is 81.2 Å². The Morgan fingerprint density at radius 3 is 2.44 bits per heavy atom. The summed E-state index contributed by atoms with van der Waals surface area (Å²) in [6, 6.07) is -0.923. The molecule has 0 saturated carbocycles. The molecule has 0 aromatic carbocycles. The zero-order chi connectivity index (χ0) is 13.8. The first-order chi connectivity index (χ1) is 8.31. The van der Waals surface area contributed by atoms with E-state index in [1.165, 1.54) is 12.4 Å². The molecule has 18 heavy (non-hydrogen) atoms. The van der Waals surface area contributed by atoms with Gasteiger partial charge in [0.2, 0.25) is 0 Å². The zero-order valence-corrected chi connectivity index (χ0v) is 11.9. The van der Waals surface area contributed by atoms with Crippen LogP contribution in [0.15, 0.2) is 16.9 Å². The standard InChI is InChI=1S/C11H14BrN3O3/c1-11(2,3)18-10(17)15-8(6-16)9-13-4-7(12)5-14-9/h4-6,8H,1-3H3,(H,15,17). The van der Waals surface area contributed by atoms with Gasteiger partial charge < -0.3 is 14.8 Å². The lowest BCUT2D eigenvalue weighted by Gasteiger charge is -2.21. The summed E-state index contributed by atoms with van der Waals surface area (Å²) in [5, 5.41) is 2.39. The van der Waals surface area contributed by atoms with Crippen molar-refractivity contribution in [1.29, 1.82) is 0 Å². The highest BCUT2D eigenvalue weighted by molar-refractivity contribution is 9.10. The number of amides is 1. The first kappa shape index (κ1) is 14.6. The summed E-state index contributed by atoms with van der Waals surface area (Å²) in [7, 11) is 0. The fourth-order valence-electron chi connectivity index (χ4n) is 1.08. The van der Waals surface area contributed by atoms with Crippen molar-refractivity contribution >= 4 is 28.3 Å². The average Bonchev–Trinajstić information content (AvgIpc) is 2.25. The molecule has 0 spiro atoms. The Balaban J connectivity index is 2.71. The van der Waals surface area contributed by atoms with Crippen molar-refractivity contribution in [2.24, 2.45) is 0 Å². The summed E-state index contributed by atoms with van der Waals surface area (Å²) in [5.74, 6) is 0.207. The van der Waals surface area contributed by atoms with Gasteiger partial charge in [0, 0.05) is 12.4 Å². The van der Waals surface area contributed by atoms with Gasteiger partial charge in [-0.25, -0.2) is 14.8 Å². The molecule has 0 aliphatic carbocycles. The number of hydrogen-bond donors (Lipinski definition) is 1. The Hall–Kier alpha value is -1.50. The number of ether oxygens (including phenoxy) is 1. The van der Waals surface area contributed by atoms with Crippen molar-refractivity contribution in [1.82, 2.24) is 15.3 Å². The highest BCUT2D eigenvalue weighted by atomic mass is 79.9. The molecule has 1 heterocycles. The van der Waals surface area contributed by atoms with E-state index in [-0.39, 0.29) is 5.82 Å². The SMILES string of the molecule is CC(C)(C)OC(=O)NC(C=O)c1ncc(Br)cn1. The number of aromatic nitrogens is 2. The first-order valence-electron chi connectivity index (χ1n) is 5.24. The number of aldehydes is 1. The third-order valence-electron chi connectivity index (χ3n) is 1.73. The maximum Gasteiger partial charge on any atom is 0.408 e. The van der Waals surface area contributed by atoms with Crippen molar-refractivity contribution < 1.29 is 14.3 Å². The molecule has 1 N–H and O–H groups in total. The summed E-state index contributed by atoms with van der Waals surface area (Å²) >= 11 is 3.18. The Bertz CT molecular complexity index is 428. The van der Waals surface area contributed by atoms with Crippen LogP contribution in [0.5, 0.6) is 0 Å². The number of nitrogens with one attached hydrogen (secondary N) is 1. The fourth-order valence-corrected chi connectivity index (χ4v) is 1.28. The second kappa shape index (κ2) is 5.90. The number of carbonyl (C=O) groups excluding carboxylic acids is 2. The normalized spacial score (nSPS) is 12.7. The van der Waals surface area contributed by atoms with Crippen LogP contribution < -0.4 is 5.32 Å². The third-order valence-corrected chi connectivity index (χ3v) is 2.14. The second-order valence-corrected chi connectivity index (χ2v) is 5.44. The lowest BCUT2D eigenvalue weighted by molar-refractivity contribution is -0.109. The minimum atomic E-state index is -0.923. The van der Waals surface area contributed by atoms with E-state index in [1.54, 1.807) is 20.8 Å². The van der Waals surface area contributed by atoms with E-state index in [0.29, 0.717) is 10.8 Å². The Morgan fingerprint density at radius 2 is 2.00 bits per heavy atom. The minimum absolute atomic E-state index is 0.207. The summed E-state index contributed by atoms with van der Waals surface area (Å²) in [6.07, 6.45) is 2.85. The monoisotopic (exact) mass is 315 g/mol. The lowest BCUT2D eigenvalue weighted by atomic mass is 10.2. The van der Waals surface area contributed by atoms with Crippen LogP contribution in [0.2, 0.25) is 0 Å². The number of hydrogen-bond acceptors (Lipinski definition) is 5. The molecule has 7 heteroatoms. The van der Waals surface area contributed by atoms with Crippen LogP contribution >= 0.6 is 15.9 Å². The van der Waals surface area contributed by atoms with Gasteiger partial charge in [0.25, 0.3) is 0 Å². The largest absolute Gasteiger partial charge is 0.444 e. The molecule has 1 amide bonds. The van der Waals surface area contributed by atoms with Gasteiger partial charge in [-0.3, -0.25) is 0 Å². The molecule has 0 radical (unpaired) electrons. The molecule has 1 aromatic rings. The predicted octanol–water partition coefficient (Wildman–Crippen LogP) is 2.00. The smallest absolute Gasteiger partial charge is 0.408 e. The average molecular weight is 316 g/mol. The van der Waals surface area contributed by atoms with E-state index in [2.05, 4.69) is 31.2 Å². The number of halogens is 1. The van der Waals surface area contributed by atoms with E-state index >= 15 is 0 Å². The molecule has 0 aliphatic rings. The Labute approximate surface area is 113 Å². The van der Waals surface area contributed by atoms with Crippen molar-refractivity contribution in [3.8, 4) is 0 Å². The number of carbonyl (C=O) groups is 2. The van der Waals surface area contributed by atoms with E-state index in [9.17, 15) is 9.59 Å². The fraction of sp³-hybridized carbons (Fsp3) is 0.455. The summed E-state index contributed by atoms with van der Waals surface area (Å²) in [6.45, 7) is 5.20. The summed E-state index contributed by atoms with van der Waals surface area (Å²) < 4.78 is 5.73. The molecule has 0 fully saturated rings. The van der Waals surface area contributed by atoms with Crippen LogP contribution in [0.3, 0.4) is 0 Å². The molecule has 1 aromatic heterocycles. The number of rotatable bonds is 3. The quantitative estimate of drug-likeness (QED) is 0.863. The van der Waals surface area contributed by atoms with Gasteiger partial charge in [0.05, 0.1) is 4.47 Å². The lowest BCUT2D eigenvalue weighted by Crippen LogP contribution is -2.36. The van der Waals surface area contributed by atoms with Crippen LogP contribution in [0.1, 0.15) is 32.6 Å². The van der Waals surface area contributed by atoms with Crippen LogP contribution in [0.4, 0.5) is 4.79 Å². The van der Waals surface area contributed by atoms with Gasteiger partial charge in [0.1, 0.15) is 17.9 Å². The van der Waals surface area contributed by atoms with Crippen LogP contribution in [0, 0.1) is 0 Å². The van der Waals surface area contributed by atoms with Crippen molar-refractivity contribution in [2.75, 3.05) is 0 Å². The Kier molecular flexibility index (Phi) is 4.77. The van der Waals surface area contributed by atoms with Crippen molar-refractivity contribution in [2.45, 2.75) is 32.4 Å². The summed E-state index contributed by atoms with van der Waals surface area (Å²) in [4.78, 5) is 30.3. The first-order valence-corrected chi connectivity index (χ1v) is 6.03. The molecule has 1 atom stereocenters. The van der Waals surface area contributed by atoms with Gasteiger partial charge in [-0.2, -0.15) is 0 Å². The van der Waals surface area contributed by atoms with Gasteiger partial charge >= 0.3 is 6.09 Å². The van der Waals surface area contributed by atoms with Crippen molar-refractivity contribution in [3.63, 3.8) is 0 Å². The van der Waals surface area contributed by atoms with Crippen molar-refractivity contribution in [3.05, 3.63) is 22.7 Å². The second-order valence-electron chi connectivity index (χ2n) is 4.52. The summed E-state index contributed by atoms with van der Waals surface area (Å²) in [5.41, 5.74) is -0.627. The number of nitrogens with zero attached hydrogens (tertiary/aromatic N) is 2. The predicted molar refractivity (Wildman–Crippen MR) is 67.9 cm³/mol. The highest BCUT2D eigenvalue weighted by Crippen LogP contribution is 2.11. The minimum Gasteiger partial charge on any atom is -0.444 e. The van der Waals surface area contributed by atoms with E-state index in [4.69, 9.17) is 4.74 Å². The molecule has 1 unspecified atom stereocenters. The van der Waals surface area contributed by atoms with E-state index in [1.807, 2.05) is 0 Å². The van der Waals surface area contributed by atoms with Gasteiger partial charge in [0.15, 0.2) is 5.82 Å². The van der Waals surface area contributed by atoms with E-state index < -0.39 is 17.7 Å². The molecular weight excluding hydrogens is 302 g/mol. The molecule has 0 bridgehead atoms. The van der Waals surface area contributed by atoms with Gasteiger partial charge in [-0.15, -0.1) is 0 Å². The number of alkyl carbamates (subject to hydrolysis) is 1. The van der Waals surface area contributed by atoms with Crippen LogP contribution in [0.25, 0.3) is 0 Å². The molecule has 98 valence electrons. The van der Waals surface area contributed by atoms with E-state index in [0.717, 1.165) is 0 Å². The van der Waals surface area contributed by atoms with Crippen LogP contribution in [-0.4, -0.2) is 27.9 Å². The molecule has 0 aliphatic heterocycles. The highest BCUT2D eigenvalue weighted by Gasteiger charge is 2.21. The molecule has 0 saturated heterocycles.